The number of hydrogen-bond acceptors (Lipinski definition) is 2. The molecule has 0 radical (unpaired) electrons. The number of aryl methyl sites for hydroxylation is 1. The summed E-state index contributed by atoms with van der Waals surface area (Å²) >= 11 is 3.75. The fourth-order valence-corrected chi connectivity index (χ4v) is 5.38. The molecule has 1 saturated heterocycles. The molecule has 1 aromatic rings. The Morgan fingerprint density at radius 3 is 3.00 bits per heavy atom. The van der Waals surface area contributed by atoms with Gasteiger partial charge in [-0.2, -0.15) is 0 Å². The predicted octanol–water partition coefficient (Wildman–Crippen LogP) is 4.39. The number of nitrogens with zero attached hydrogens (tertiary/aromatic N) is 1. The van der Waals surface area contributed by atoms with Crippen molar-refractivity contribution in [2.75, 3.05) is 13.7 Å². The van der Waals surface area contributed by atoms with Crippen molar-refractivity contribution in [2.24, 2.45) is 0 Å². The van der Waals surface area contributed by atoms with Gasteiger partial charge in [-0.05, 0) is 42.9 Å². The number of alkyl halides is 1. The highest BCUT2D eigenvalue weighted by Crippen LogP contribution is 2.46. The van der Waals surface area contributed by atoms with E-state index in [1.54, 1.807) is 4.90 Å². The molecule has 0 aromatic heterocycles. The molecule has 3 unspecified atom stereocenters. The molecular formula is C22H23BrN2O2. The number of amides is 2. The maximum atomic E-state index is 12.7. The van der Waals surface area contributed by atoms with E-state index in [0.29, 0.717) is 6.61 Å². The third-order valence-corrected chi connectivity index (χ3v) is 6.96. The van der Waals surface area contributed by atoms with Crippen LogP contribution in [-0.2, 0) is 11.2 Å². The Bertz CT molecular complexity index is 903. The Balaban J connectivity index is 1.75. The van der Waals surface area contributed by atoms with Crippen LogP contribution < -0.4 is 5.32 Å². The van der Waals surface area contributed by atoms with Gasteiger partial charge in [0.25, 0.3) is 0 Å². The zero-order chi connectivity index (χ0) is 18.6. The Labute approximate surface area is 168 Å². The number of benzene rings is 1. The van der Waals surface area contributed by atoms with E-state index in [1.165, 1.54) is 11.1 Å². The molecule has 1 N–H and O–H groups in total. The molecule has 2 amide bonds. The highest BCUT2D eigenvalue weighted by molar-refractivity contribution is 9.09. The van der Waals surface area contributed by atoms with Crippen LogP contribution in [0.25, 0.3) is 0 Å². The third-order valence-electron chi connectivity index (χ3n) is 6.32. The lowest BCUT2D eigenvalue weighted by Gasteiger charge is -2.36. The minimum absolute atomic E-state index is 0.0378. The second-order valence-electron chi connectivity index (χ2n) is 7.83. The standard InChI is InChI=1S/C22H23BrN2O2/c1-25-20-9-6-15-13-27-19-8-7-16(23)12-18(19)22(20,24-21(25)26)11-10-14-4-2-3-5-17(14)15/h2-5,8-9,12,15-16H,6-7,10-11,13H2,1H3,(H,24,26)/b20-9+. The zero-order valence-electron chi connectivity index (χ0n) is 15.4. The molecular weight excluding hydrogens is 404 g/mol. The molecule has 4 nitrogen and oxygen atoms in total. The highest BCUT2D eigenvalue weighted by Gasteiger charge is 2.51. The van der Waals surface area contributed by atoms with E-state index in [1.807, 2.05) is 7.05 Å². The monoisotopic (exact) mass is 426 g/mol. The van der Waals surface area contributed by atoms with E-state index in [2.05, 4.69) is 63.7 Å². The second kappa shape index (κ2) is 6.26. The number of likely N-dealkylation sites (N-methyl/N-ethyl adjacent to an activating group) is 1. The maximum Gasteiger partial charge on any atom is 0.322 e. The summed E-state index contributed by atoms with van der Waals surface area (Å²) < 4.78 is 6.38. The molecule has 0 spiro atoms. The Kier molecular flexibility index (Phi) is 3.97. The van der Waals surface area contributed by atoms with Crippen LogP contribution in [0.15, 0.2) is 59.5 Å². The number of hydrogen-bond donors (Lipinski definition) is 1. The number of rotatable bonds is 0. The van der Waals surface area contributed by atoms with E-state index in [0.717, 1.165) is 42.7 Å². The van der Waals surface area contributed by atoms with Gasteiger partial charge >= 0.3 is 6.03 Å². The number of urea groups is 1. The van der Waals surface area contributed by atoms with Crippen LogP contribution in [-0.4, -0.2) is 35.0 Å². The molecule has 140 valence electrons. The van der Waals surface area contributed by atoms with Crippen LogP contribution in [0.2, 0.25) is 0 Å². The molecule has 1 fully saturated rings. The predicted molar refractivity (Wildman–Crippen MR) is 109 cm³/mol. The van der Waals surface area contributed by atoms with Gasteiger partial charge in [0.05, 0.1) is 6.61 Å². The van der Waals surface area contributed by atoms with Gasteiger partial charge in [0.1, 0.15) is 11.3 Å². The first-order valence-electron chi connectivity index (χ1n) is 9.62. The fourth-order valence-electron chi connectivity index (χ4n) is 4.93. The van der Waals surface area contributed by atoms with Crippen molar-refractivity contribution < 1.29 is 9.53 Å². The molecule has 2 aliphatic heterocycles. The summed E-state index contributed by atoms with van der Waals surface area (Å²) in [5.41, 5.74) is 4.37. The Morgan fingerprint density at radius 1 is 1.26 bits per heavy atom. The van der Waals surface area contributed by atoms with Crippen LogP contribution in [0.1, 0.15) is 36.3 Å². The minimum atomic E-state index is -0.531. The molecule has 1 aromatic carbocycles. The molecule has 0 saturated carbocycles. The van der Waals surface area contributed by atoms with Crippen molar-refractivity contribution in [2.45, 2.75) is 42.0 Å². The first kappa shape index (κ1) is 17.1. The van der Waals surface area contributed by atoms with Crippen LogP contribution in [0, 0.1) is 0 Å². The molecule has 5 rings (SSSR count). The average Bonchev–Trinajstić information content (AvgIpc) is 2.97. The van der Waals surface area contributed by atoms with Crippen LogP contribution in [0.3, 0.4) is 0 Å². The first-order valence-corrected chi connectivity index (χ1v) is 10.5. The SMILES string of the molecule is CN1C(=O)NC23CCc4ccccc4C(C/C=C/12)COC1=CCC(Br)C=C13. The van der Waals surface area contributed by atoms with Gasteiger partial charge in [0, 0.05) is 29.1 Å². The summed E-state index contributed by atoms with van der Waals surface area (Å²) in [4.78, 5) is 14.8. The van der Waals surface area contributed by atoms with Gasteiger partial charge in [0.2, 0.25) is 0 Å². The van der Waals surface area contributed by atoms with Crippen molar-refractivity contribution in [1.29, 1.82) is 0 Å². The number of carbonyl (C=O) groups is 1. The van der Waals surface area contributed by atoms with Gasteiger partial charge in [-0.25, -0.2) is 4.79 Å². The van der Waals surface area contributed by atoms with Crippen molar-refractivity contribution in [3.05, 3.63) is 70.6 Å². The average molecular weight is 427 g/mol. The van der Waals surface area contributed by atoms with E-state index < -0.39 is 5.54 Å². The molecule has 4 aliphatic rings. The molecule has 2 heterocycles. The summed E-state index contributed by atoms with van der Waals surface area (Å²) in [6.45, 7) is 0.657. The van der Waals surface area contributed by atoms with Crippen molar-refractivity contribution >= 4 is 22.0 Å². The number of carbonyl (C=O) groups excluding carboxylic acids is 1. The number of halogens is 1. The molecule has 5 heteroatoms. The van der Waals surface area contributed by atoms with Crippen LogP contribution in [0.5, 0.6) is 0 Å². The smallest absolute Gasteiger partial charge is 0.322 e. The first-order chi connectivity index (χ1) is 13.1. The number of nitrogens with one attached hydrogen (secondary N) is 1. The van der Waals surface area contributed by atoms with E-state index in [-0.39, 0.29) is 16.8 Å². The minimum Gasteiger partial charge on any atom is -0.493 e. The lowest BCUT2D eigenvalue weighted by Crippen LogP contribution is -2.46. The van der Waals surface area contributed by atoms with E-state index in [9.17, 15) is 4.79 Å². The van der Waals surface area contributed by atoms with Gasteiger partial charge in [0.15, 0.2) is 0 Å². The number of allylic oxidation sites excluding steroid dienone is 3. The summed E-state index contributed by atoms with van der Waals surface area (Å²) in [6, 6.07) is 8.65. The topological polar surface area (TPSA) is 41.6 Å². The zero-order valence-corrected chi connectivity index (χ0v) is 17.0. The van der Waals surface area contributed by atoms with Gasteiger partial charge < -0.3 is 10.1 Å². The molecule has 2 aliphatic carbocycles. The Morgan fingerprint density at radius 2 is 2.11 bits per heavy atom. The number of ether oxygens (including phenoxy) is 1. The van der Waals surface area contributed by atoms with E-state index in [4.69, 9.17) is 4.74 Å². The van der Waals surface area contributed by atoms with Crippen molar-refractivity contribution in [3.8, 4) is 0 Å². The Hall–Kier alpha value is -2.01. The summed E-state index contributed by atoms with van der Waals surface area (Å²) in [5.74, 6) is 1.22. The van der Waals surface area contributed by atoms with Crippen molar-refractivity contribution in [1.82, 2.24) is 10.2 Å². The largest absolute Gasteiger partial charge is 0.493 e. The molecule has 27 heavy (non-hydrogen) atoms. The number of fused-ring (bicyclic) bond motifs is 5. The molecule has 2 bridgehead atoms. The quantitative estimate of drug-likeness (QED) is 0.624. The second-order valence-corrected chi connectivity index (χ2v) is 9.00. The van der Waals surface area contributed by atoms with Gasteiger partial charge in [-0.3, -0.25) is 4.90 Å². The lowest BCUT2D eigenvalue weighted by atomic mass is 9.78. The maximum absolute atomic E-state index is 12.7. The molecule has 3 atom stereocenters. The van der Waals surface area contributed by atoms with Crippen molar-refractivity contribution in [3.63, 3.8) is 0 Å². The normalized spacial score (nSPS) is 33.9. The van der Waals surface area contributed by atoms with Gasteiger partial charge in [-0.1, -0.05) is 52.3 Å². The van der Waals surface area contributed by atoms with E-state index >= 15 is 0 Å². The summed E-state index contributed by atoms with van der Waals surface area (Å²) in [7, 11) is 1.88. The van der Waals surface area contributed by atoms with Crippen LogP contribution in [0.4, 0.5) is 4.79 Å². The van der Waals surface area contributed by atoms with Gasteiger partial charge in [-0.15, -0.1) is 0 Å². The summed E-state index contributed by atoms with van der Waals surface area (Å²) in [6.07, 6.45) is 10.2. The summed E-state index contributed by atoms with van der Waals surface area (Å²) in [5, 5.41) is 3.33. The van der Waals surface area contributed by atoms with Crippen LogP contribution >= 0.6 is 15.9 Å². The highest BCUT2D eigenvalue weighted by atomic mass is 79.9. The lowest BCUT2D eigenvalue weighted by molar-refractivity contribution is 0.190. The third kappa shape index (κ3) is 2.59. The fraction of sp³-hybridized carbons (Fsp3) is 0.409.